The fourth-order valence-electron chi connectivity index (χ4n) is 1.44. The summed E-state index contributed by atoms with van der Waals surface area (Å²) in [5, 5.41) is 13.2. The summed E-state index contributed by atoms with van der Waals surface area (Å²) in [7, 11) is 0. The minimum Gasteiger partial charge on any atom is -0.491 e. The van der Waals surface area contributed by atoms with Gasteiger partial charge in [0, 0.05) is 5.69 Å². The Morgan fingerprint density at radius 1 is 1.37 bits per heavy atom. The molecule has 0 aromatic heterocycles. The zero-order valence-electron chi connectivity index (χ0n) is 11.2. The van der Waals surface area contributed by atoms with E-state index >= 15 is 0 Å². The van der Waals surface area contributed by atoms with Crippen LogP contribution in [0.2, 0.25) is 0 Å². The molecule has 0 bridgehead atoms. The molecule has 0 saturated carbocycles. The lowest BCUT2D eigenvalue weighted by atomic mass is 10.2. The van der Waals surface area contributed by atoms with Crippen molar-refractivity contribution in [1.29, 1.82) is 0 Å². The number of urea groups is 1. The predicted molar refractivity (Wildman–Crippen MR) is 71.6 cm³/mol. The van der Waals surface area contributed by atoms with Crippen molar-refractivity contribution < 1.29 is 19.4 Å². The molecule has 0 unspecified atom stereocenters. The van der Waals surface area contributed by atoms with Crippen molar-refractivity contribution in [3.8, 4) is 5.75 Å². The van der Waals surface area contributed by atoms with Gasteiger partial charge in [-0.05, 0) is 44.5 Å². The Bertz CT molecular complexity index is 472. The number of nitrogens with one attached hydrogen (secondary N) is 2. The zero-order chi connectivity index (χ0) is 14.4. The number of aliphatic carboxylic acids is 1. The zero-order valence-corrected chi connectivity index (χ0v) is 11.2. The van der Waals surface area contributed by atoms with Crippen LogP contribution in [0.4, 0.5) is 10.5 Å². The molecule has 6 nitrogen and oxygen atoms in total. The van der Waals surface area contributed by atoms with Crippen LogP contribution in [-0.2, 0) is 4.79 Å². The molecule has 1 rings (SSSR count). The Labute approximate surface area is 111 Å². The third kappa shape index (κ3) is 5.29. The molecule has 0 aliphatic heterocycles. The average Bonchev–Trinajstić information content (AvgIpc) is 2.29. The lowest BCUT2D eigenvalue weighted by Gasteiger charge is -2.13. The minimum absolute atomic E-state index is 0.0800. The van der Waals surface area contributed by atoms with Gasteiger partial charge in [-0.15, -0.1) is 0 Å². The van der Waals surface area contributed by atoms with Crippen LogP contribution in [0, 0.1) is 6.92 Å². The molecule has 0 radical (unpaired) electrons. The topological polar surface area (TPSA) is 87.7 Å². The highest BCUT2D eigenvalue weighted by molar-refractivity contribution is 5.91. The number of hydrogen-bond donors (Lipinski definition) is 3. The van der Waals surface area contributed by atoms with Crippen molar-refractivity contribution in [2.45, 2.75) is 26.9 Å². The number of aryl methyl sites for hydroxylation is 1. The molecule has 6 heteroatoms. The lowest BCUT2D eigenvalue weighted by molar-refractivity contribution is -0.135. The van der Waals surface area contributed by atoms with Crippen LogP contribution < -0.4 is 15.4 Å². The number of hydrogen-bond acceptors (Lipinski definition) is 3. The van der Waals surface area contributed by atoms with Gasteiger partial charge in [-0.25, -0.2) is 4.79 Å². The van der Waals surface area contributed by atoms with Crippen molar-refractivity contribution >= 4 is 17.7 Å². The first-order valence-electron chi connectivity index (χ1n) is 5.92. The first-order valence-corrected chi connectivity index (χ1v) is 5.92. The first kappa shape index (κ1) is 14.8. The third-order valence-electron chi connectivity index (χ3n) is 2.20. The van der Waals surface area contributed by atoms with Gasteiger partial charge in [-0.1, -0.05) is 0 Å². The molecule has 0 spiro atoms. The molecule has 0 saturated heterocycles. The van der Waals surface area contributed by atoms with Gasteiger partial charge >= 0.3 is 12.0 Å². The summed E-state index contributed by atoms with van der Waals surface area (Å²) in [6, 6.07) is 4.67. The number of carboxylic acids is 1. The normalized spacial score (nSPS) is 10.1. The highest BCUT2D eigenvalue weighted by atomic mass is 16.5. The van der Waals surface area contributed by atoms with Crippen molar-refractivity contribution in [2.75, 3.05) is 11.9 Å². The van der Waals surface area contributed by atoms with Crippen LogP contribution in [0.15, 0.2) is 18.2 Å². The second kappa shape index (κ2) is 6.63. The number of anilines is 1. The molecule has 0 heterocycles. The van der Waals surface area contributed by atoms with Gasteiger partial charge in [0.15, 0.2) is 0 Å². The molecular formula is C13H18N2O4. The van der Waals surface area contributed by atoms with Crippen LogP contribution in [-0.4, -0.2) is 29.8 Å². The quantitative estimate of drug-likeness (QED) is 0.760. The van der Waals surface area contributed by atoms with Crippen molar-refractivity contribution in [3.63, 3.8) is 0 Å². The molecule has 1 aromatic carbocycles. The smallest absolute Gasteiger partial charge is 0.323 e. The molecule has 0 aliphatic carbocycles. The van der Waals surface area contributed by atoms with Gasteiger partial charge in [0.1, 0.15) is 12.3 Å². The SMILES string of the molecule is Cc1cc(NC(=O)NCC(=O)O)ccc1OC(C)C. The molecule has 0 fully saturated rings. The van der Waals surface area contributed by atoms with E-state index in [2.05, 4.69) is 10.6 Å². The van der Waals surface area contributed by atoms with Gasteiger partial charge in [-0.2, -0.15) is 0 Å². The number of amides is 2. The number of carbonyl (C=O) groups excluding carboxylic acids is 1. The third-order valence-corrected chi connectivity index (χ3v) is 2.20. The predicted octanol–water partition coefficient (Wildman–Crippen LogP) is 1.99. The average molecular weight is 266 g/mol. The first-order chi connectivity index (χ1) is 8.88. The molecule has 1 aromatic rings. The molecule has 2 amide bonds. The number of ether oxygens (including phenoxy) is 1. The monoisotopic (exact) mass is 266 g/mol. The van der Waals surface area contributed by atoms with Crippen molar-refractivity contribution in [1.82, 2.24) is 5.32 Å². The van der Waals surface area contributed by atoms with E-state index in [9.17, 15) is 9.59 Å². The molecule has 0 aliphatic rings. The molecule has 0 atom stereocenters. The van der Waals surface area contributed by atoms with Gasteiger partial charge < -0.3 is 20.5 Å². The Hall–Kier alpha value is -2.24. The number of carbonyl (C=O) groups is 2. The van der Waals surface area contributed by atoms with E-state index in [1.807, 2.05) is 20.8 Å². The maximum absolute atomic E-state index is 11.4. The second-order valence-corrected chi connectivity index (χ2v) is 4.35. The fraction of sp³-hybridized carbons (Fsp3) is 0.385. The summed E-state index contributed by atoms with van der Waals surface area (Å²) >= 11 is 0. The highest BCUT2D eigenvalue weighted by Gasteiger charge is 2.07. The van der Waals surface area contributed by atoms with Crippen molar-refractivity contribution in [2.24, 2.45) is 0 Å². The van der Waals surface area contributed by atoms with Crippen molar-refractivity contribution in [3.05, 3.63) is 23.8 Å². The fourth-order valence-corrected chi connectivity index (χ4v) is 1.44. The largest absolute Gasteiger partial charge is 0.491 e. The van der Waals surface area contributed by atoms with Crippen LogP contribution in [0.5, 0.6) is 5.75 Å². The Morgan fingerprint density at radius 3 is 2.58 bits per heavy atom. The van der Waals surface area contributed by atoms with Crippen LogP contribution in [0.25, 0.3) is 0 Å². The molecule has 104 valence electrons. The summed E-state index contributed by atoms with van der Waals surface area (Å²) in [5.41, 5.74) is 1.47. The van der Waals surface area contributed by atoms with E-state index in [4.69, 9.17) is 9.84 Å². The second-order valence-electron chi connectivity index (χ2n) is 4.35. The lowest BCUT2D eigenvalue weighted by Crippen LogP contribution is -2.33. The van der Waals surface area contributed by atoms with Crippen LogP contribution >= 0.6 is 0 Å². The highest BCUT2D eigenvalue weighted by Crippen LogP contribution is 2.22. The van der Waals surface area contributed by atoms with E-state index in [1.165, 1.54) is 0 Å². The maximum Gasteiger partial charge on any atom is 0.323 e. The van der Waals surface area contributed by atoms with E-state index in [-0.39, 0.29) is 6.10 Å². The Morgan fingerprint density at radius 2 is 2.05 bits per heavy atom. The summed E-state index contributed by atoms with van der Waals surface area (Å²) in [4.78, 5) is 21.7. The summed E-state index contributed by atoms with van der Waals surface area (Å²) in [6.45, 7) is 5.33. The van der Waals surface area contributed by atoms with Crippen LogP contribution in [0.1, 0.15) is 19.4 Å². The number of benzene rings is 1. The summed E-state index contributed by atoms with van der Waals surface area (Å²) in [5.74, 6) is -0.335. The van der Waals surface area contributed by atoms with Crippen LogP contribution in [0.3, 0.4) is 0 Å². The molecular weight excluding hydrogens is 248 g/mol. The van der Waals surface area contributed by atoms with Gasteiger partial charge in [0.25, 0.3) is 0 Å². The summed E-state index contributed by atoms with van der Waals surface area (Å²) < 4.78 is 5.58. The van der Waals surface area contributed by atoms with E-state index in [0.29, 0.717) is 5.69 Å². The minimum atomic E-state index is -1.09. The molecule has 19 heavy (non-hydrogen) atoms. The van der Waals surface area contributed by atoms with E-state index < -0.39 is 18.5 Å². The number of carboxylic acid groups (broad SMARTS) is 1. The van der Waals surface area contributed by atoms with Gasteiger partial charge in [0.2, 0.25) is 0 Å². The standard InChI is InChI=1S/C13H18N2O4/c1-8(2)19-11-5-4-10(6-9(11)3)15-13(18)14-7-12(16)17/h4-6,8H,7H2,1-3H3,(H,16,17)(H2,14,15,18). The maximum atomic E-state index is 11.4. The Kier molecular flexibility index (Phi) is 5.17. The van der Waals surface area contributed by atoms with E-state index in [1.54, 1.807) is 18.2 Å². The van der Waals surface area contributed by atoms with Gasteiger partial charge in [-0.3, -0.25) is 4.79 Å². The summed E-state index contributed by atoms with van der Waals surface area (Å²) in [6.07, 6.45) is 0.0800. The Balaban J connectivity index is 2.63. The van der Waals surface area contributed by atoms with E-state index in [0.717, 1.165) is 11.3 Å². The molecule has 3 N–H and O–H groups in total. The number of rotatable bonds is 5. The van der Waals surface area contributed by atoms with Gasteiger partial charge in [0.05, 0.1) is 6.10 Å².